The number of carbonyl (C=O) groups is 1. The molecule has 0 saturated heterocycles. The molecule has 2 aromatic heterocycles. The van der Waals surface area contributed by atoms with Gasteiger partial charge in [0.2, 0.25) is 5.91 Å². The number of amides is 1. The second-order valence-corrected chi connectivity index (χ2v) is 9.68. The van der Waals surface area contributed by atoms with E-state index in [1.54, 1.807) is 0 Å². The van der Waals surface area contributed by atoms with Gasteiger partial charge in [-0.25, -0.2) is 0 Å². The molecule has 188 valence electrons. The number of furan rings is 1. The van der Waals surface area contributed by atoms with Gasteiger partial charge >= 0.3 is 0 Å². The summed E-state index contributed by atoms with van der Waals surface area (Å²) >= 11 is 0. The molecule has 0 bridgehead atoms. The molecule has 6 heteroatoms. The number of benzene rings is 3. The normalized spacial score (nSPS) is 13.0. The van der Waals surface area contributed by atoms with Crippen molar-refractivity contribution in [3.63, 3.8) is 0 Å². The van der Waals surface area contributed by atoms with E-state index in [0.29, 0.717) is 11.5 Å². The van der Waals surface area contributed by atoms with Gasteiger partial charge in [-0.1, -0.05) is 65.3 Å². The quantitative estimate of drug-likeness (QED) is 0.284. The molecule has 0 aliphatic heterocycles. The Hall–Kier alpha value is -4.16. The van der Waals surface area contributed by atoms with Crippen LogP contribution in [0.3, 0.4) is 0 Å². The molecule has 37 heavy (non-hydrogen) atoms. The molecule has 1 amide bonds. The number of nitrogens with zero attached hydrogens (tertiary/aromatic N) is 1. The number of carbonyl (C=O) groups excluding carboxylic acids is 1. The first-order valence-corrected chi connectivity index (χ1v) is 12.4. The monoisotopic (exact) mass is 493 g/mol. The van der Waals surface area contributed by atoms with Crippen molar-refractivity contribution in [3.05, 3.63) is 123 Å². The van der Waals surface area contributed by atoms with Crippen molar-refractivity contribution in [2.24, 2.45) is 5.73 Å². The molecule has 5 aromatic rings. The van der Waals surface area contributed by atoms with E-state index in [1.165, 1.54) is 5.56 Å². The summed E-state index contributed by atoms with van der Waals surface area (Å²) in [5.74, 6) is 1.26. The largest absolute Gasteiger partial charge is 0.459 e. The molecule has 0 fully saturated rings. The maximum absolute atomic E-state index is 13.3. The molecule has 6 nitrogen and oxygen atoms in total. The van der Waals surface area contributed by atoms with E-state index in [1.807, 2.05) is 68.4 Å². The lowest BCUT2D eigenvalue weighted by Crippen LogP contribution is -2.31. The maximum atomic E-state index is 13.3. The minimum absolute atomic E-state index is 0.0516. The standard InChI is InChI=1S/C31H31N3O3/c1-18-10-12-25(19(2)14-18)31(23-8-6-5-7-9-23)33-28(35)16-22-11-13-26-24(15-22)17-27(36-26)30(32)29-20(3)34-37-21(29)4/h5-15,17,30-31H,16,32H2,1-4H3,(H,33,35). The molecular weight excluding hydrogens is 462 g/mol. The van der Waals surface area contributed by atoms with Gasteiger partial charge in [-0.3, -0.25) is 4.79 Å². The van der Waals surface area contributed by atoms with Crippen molar-refractivity contribution in [1.82, 2.24) is 10.5 Å². The highest BCUT2D eigenvalue weighted by Gasteiger charge is 2.23. The van der Waals surface area contributed by atoms with E-state index in [2.05, 4.69) is 42.5 Å². The number of hydrogen-bond acceptors (Lipinski definition) is 5. The van der Waals surface area contributed by atoms with Crippen molar-refractivity contribution >= 4 is 16.9 Å². The van der Waals surface area contributed by atoms with Crippen molar-refractivity contribution in [1.29, 1.82) is 0 Å². The van der Waals surface area contributed by atoms with E-state index >= 15 is 0 Å². The summed E-state index contributed by atoms with van der Waals surface area (Å²) in [5, 5.41) is 8.16. The van der Waals surface area contributed by atoms with Crippen LogP contribution in [-0.4, -0.2) is 11.1 Å². The predicted molar refractivity (Wildman–Crippen MR) is 144 cm³/mol. The van der Waals surface area contributed by atoms with Crippen LogP contribution in [0.25, 0.3) is 11.0 Å². The average Bonchev–Trinajstić information content (AvgIpc) is 3.45. The van der Waals surface area contributed by atoms with Gasteiger partial charge in [0.1, 0.15) is 17.1 Å². The Bertz CT molecular complexity index is 1550. The second kappa shape index (κ2) is 10.1. The number of rotatable bonds is 7. The van der Waals surface area contributed by atoms with Gasteiger partial charge in [0.25, 0.3) is 0 Å². The average molecular weight is 494 g/mol. The minimum atomic E-state index is -0.477. The molecule has 0 aliphatic rings. The first-order valence-electron chi connectivity index (χ1n) is 12.4. The Morgan fingerprint density at radius 2 is 1.76 bits per heavy atom. The van der Waals surface area contributed by atoms with Crippen LogP contribution in [0.5, 0.6) is 0 Å². The first kappa shape index (κ1) is 24.5. The fourth-order valence-electron chi connectivity index (χ4n) is 4.99. The van der Waals surface area contributed by atoms with Gasteiger partial charge in [-0.05, 0) is 68.1 Å². The minimum Gasteiger partial charge on any atom is -0.459 e. The molecule has 2 atom stereocenters. The van der Waals surface area contributed by atoms with E-state index in [-0.39, 0.29) is 18.4 Å². The van der Waals surface area contributed by atoms with Gasteiger partial charge in [-0.15, -0.1) is 0 Å². The van der Waals surface area contributed by atoms with Crippen molar-refractivity contribution in [2.75, 3.05) is 0 Å². The smallest absolute Gasteiger partial charge is 0.225 e. The van der Waals surface area contributed by atoms with Gasteiger partial charge in [0.05, 0.1) is 24.2 Å². The van der Waals surface area contributed by atoms with Crippen LogP contribution in [0.15, 0.2) is 81.7 Å². The number of nitrogens with two attached hydrogens (primary N) is 1. The van der Waals surface area contributed by atoms with Crippen LogP contribution in [-0.2, 0) is 11.2 Å². The Balaban J connectivity index is 1.37. The highest BCUT2D eigenvalue weighted by Crippen LogP contribution is 2.31. The third kappa shape index (κ3) is 5.06. The molecule has 2 heterocycles. The summed E-state index contributed by atoms with van der Waals surface area (Å²) in [4.78, 5) is 13.3. The lowest BCUT2D eigenvalue weighted by molar-refractivity contribution is -0.120. The van der Waals surface area contributed by atoms with Crippen LogP contribution in [0.4, 0.5) is 0 Å². The molecule has 0 radical (unpaired) electrons. The van der Waals surface area contributed by atoms with Crippen LogP contribution < -0.4 is 11.1 Å². The highest BCUT2D eigenvalue weighted by molar-refractivity contribution is 5.83. The van der Waals surface area contributed by atoms with Crippen LogP contribution in [0.2, 0.25) is 0 Å². The Morgan fingerprint density at radius 1 is 0.973 bits per heavy atom. The molecule has 0 saturated carbocycles. The van der Waals surface area contributed by atoms with Gasteiger partial charge in [0.15, 0.2) is 0 Å². The Morgan fingerprint density at radius 3 is 2.46 bits per heavy atom. The summed E-state index contributed by atoms with van der Waals surface area (Å²) in [6, 6.07) is 23.4. The number of fused-ring (bicyclic) bond motifs is 1. The van der Waals surface area contributed by atoms with Gasteiger partial charge in [-0.2, -0.15) is 0 Å². The topological polar surface area (TPSA) is 94.3 Å². The summed E-state index contributed by atoms with van der Waals surface area (Å²) in [5.41, 5.74) is 14.2. The van der Waals surface area contributed by atoms with Gasteiger partial charge < -0.3 is 20.0 Å². The Labute approximate surface area is 216 Å². The van der Waals surface area contributed by atoms with Crippen molar-refractivity contribution in [3.8, 4) is 0 Å². The molecule has 3 N–H and O–H groups in total. The third-order valence-corrected chi connectivity index (χ3v) is 6.85. The summed E-state index contributed by atoms with van der Waals surface area (Å²) < 4.78 is 11.3. The summed E-state index contributed by atoms with van der Waals surface area (Å²) in [6.07, 6.45) is 0.251. The zero-order chi connectivity index (χ0) is 26.1. The van der Waals surface area contributed by atoms with Crippen LogP contribution in [0.1, 0.15) is 62.7 Å². The fraction of sp³-hybridized carbons (Fsp3) is 0.226. The van der Waals surface area contributed by atoms with Crippen LogP contribution >= 0.6 is 0 Å². The van der Waals surface area contributed by atoms with E-state index in [0.717, 1.165) is 44.5 Å². The second-order valence-electron chi connectivity index (χ2n) is 9.68. The lowest BCUT2D eigenvalue weighted by atomic mass is 9.93. The lowest BCUT2D eigenvalue weighted by Gasteiger charge is -2.22. The first-order chi connectivity index (χ1) is 17.8. The maximum Gasteiger partial charge on any atom is 0.225 e. The molecule has 2 unspecified atom stereocenters. The molecule has 3 aromatic carbocycles. The number of aryl methyl sites for hydroxylation is 4. The van der Waals surface area contributed by atoms with Gasteiger partial charge in [0, 0.05) is 10.9 Å². The SMILES string of the molecule is Cc1ccc(C(NC(=O)Cc2ccc3oc(C(N)c4c(C)noc4C)cc3c2)c2ccccc2)c(C)c1. The molecule has 0 spiro atoms. The number of nitrogens with one attached hydrogen (secondary N) is 1. The fourth-order valence-corrected chi connectivity index (χ4v) is 4.99. The van der Waals surface area contributed by atoms with E-state index in [4.69, 9.17) is 14.7 Å². The molecule has 5 rings (SSSR count). The summed E-state index contributed by atoms with van der Waals surface area (Å²) in [7, 11) is 0. The molecular formula is C31H31N3O3. The van der Waals surface area contributed by atoms with E-state index in [9.17, 15) is 4.79 Å². The van der Waals surface area contributed by atoms with Crippen molar-refractivity contribution in [2.45, 2.75) is 46.2 Å². The molecule has 0 aliphatic carbocycles. The Kier molecular flexibility index (Phi) is 6.68. The third-order valence-electron chi connectivity index (χ3n) is 6.85. The van der Waals surface area contributed by atoms with Crippen molar-refractivity contribution < 1.29 is 13.7 Å². The highest BCUT2D eigenvalue weighted by atomic mass is 16.5. The van der Waals surface area contributed by atoms with E-state index < -0.39 is 6.04 Å². The summed E-state index contributed by atoms with van der Waals surface area (Å²) in [6.45, 7) is 7.87. The van der Waals surface area contributed by atoms with Crippen LogP contribution in [0, 0.1) is 27.7 Å². The predicted octanol–water partition coefficient (Wildman–Crippen LogP) is 6.15. The number of aromatic nitrogens is 1. The zero-order valence-corrected chi connectivity index (χ0v) is 21.5. The zero-order valence-electron chi connectivity index (χ0n) is 21.5. The number of hydrogen-bond donors (Lipinski definition) is 2.